The van der Waals surface area contributed by atoms with Gasteiger partial charge in [-0.15, -0.1) is 11.8 Å². The van der Waals surface area contributed by atoms with Crippen LogP contribution in [0.15, 0.2) is 24.3 Å². The number of carbonyl (C=O) groups excluding carboxylic acids is 1. The van der Waals surface area contributed by atoms with Gasteiger partial charge >= 0.3 is 5.97 Å². The average molecular weight is 258 g/mol. The average Bonchev–Trinajstić information content (AvgIpc) is 2.35. The zero-order valence-electron chi connectivity index (χ0n) is 9.81. The van der Waals surface area contributed by atoms with Crippen LogP contribution in [0.1, 0.15) is 6.92 Å². The smallest absolute Gasteiger partial charge is 0.318 e. The lowest BCUT2D eigenvalue weighted by molar-refractivity contribution is -0.139. The number of hydrogen-bond donors (Lipinski definition) is 0. The summed E-state index contributed by atoms with van der Waals surface area (Å²) in [6.45, 7) is 2.26. The Bertz CT molecular complexity index is 353. The van der Waals surface area contributed by atoms with Gasteiger partial charge in [0.25, 0.3) is 0 Å². The maximum Gasteiger partial charge on any atom is 0.318 e. The van der Waals surface area contributed by atoms with Gasteiger partial charge in [0.2, 0.25) is 0 Å². The van der Waals surface area contributed by atoms with Gasteiger partial charge in [-0.3, -0.25) is 4.79 Å². The molecule has 1 aromatic carbocycles. The lowest BCUT2D eigenvalue weighted by atomic mass is 10.3. The van der Waals surface area contributed by atoms with Crippen LogP contribution in [0.4, 0.5) is 4.39 Å². The van der Waals surface area contributed by atoms with Crippen molar-refractivity contribution in [3.05, 3.63) is 30.1 Å². The monoisotopic (exact) mass is 258 g/mol. The van der Waals surface area contributed by atoms with E-state index in [4.69, 9.17) is 4.74 Å². The quantitative estimate of drug-likeness (QED) is 0.580. The van der Waals surface area contributed by atoms with Gasteiger partial charge < -0.3 is 9.47 Å². The molecular weight excluding hydrogens is 243 g/mol. The molecule has 0 saturated heterocycles. The minimum atomic E-state index is -0.286. The Labute approximate surface area is 104 Å². The Morgan fingerprint density at radius 2 is 2.06 bits per heavy atom. The zero-order chi connectivity index (χ0) is 12.7. The van der Waals surface area contributed by atoms with E-state index in [9.17, 15) is 9.18 Å². The van der Waals surface area contributed by atoms with Gasteiger partial charge in [0, 0.05) is 5.75 Å². The number of thioether (sulfide) groups is 1. The van der Waals surface area contributed by atoms with Gasteiger partial charge in [-0.05, 0) is 31.2 Å². The zero-order valence-corrected chi connectivity index (χ0v) is 10.6. The Balaban J connectivity index is 2.20. The molecule has 0 saturated carbocycles. The third-order valence-electron chi connectivity index (χ3n) is 2.07. The van der Waals surface area contributed by atoms with Crippen molar-refractivity contribution in [1.29, 1.82) is 0 Å². The molecule has 0 bridgehead atoms. The summed E-state index contributed by atoms with van der Waals surface area (Å²) < 4.78 is 22.6. The Morgan fingerprint density at radius 3 is 2.65 bits per heavy atom. The molecule has 1 unspecified atom stereocenters. The van der Waals surface area contributed by atoms with Gasteiger partial charge in [-0.1, -0.05) is 0 Å². The van der Waals surface area contributed by atoms with Crippen molar-refractivity contribution in [2.45, 2.75) is 12.2 Å². The number of esters is 1. The number of halogens is 1. The summed E-state index contributed by atoms with van der Waals surface area (Å²) in [7, 11) is 1.37. The summed E-state index contributed by atoms with van der Waals surface area (Å²) >= 11 is 1.46. The molecule has 0 heterocycles. The van der Waals surface area contributed by atoms with Crippen LogP contribution < -0.4 is 4.74 Å². The number of benzene rings is 1. The molecule has 5 heteroatoms. The van der Waals surface area contributed by atoms with Crippen LogP contribution in [0, 0.1) is 5.82 Å². The van der Waals surface area contributed by atoms with Crippen molar-refractivity contribution in [3.8, 4) is 5.75 Å². The van der Waals surface area contributed by atoms with E-state index in [1.165, 1.54) is 31.0 Å². The predicted molar refractivity (Wildman–Crippen MR) is 65.8 cm³/mol. The molecule has 0 aliphatic heterocycles. The summed E-state index contributed by atoms with van der Waals surface area (Å²) in [6.07, 6.45) is 0. The molecule has 1 rings (SSSR count). The molecule has 1 atom stereocenters. The molecule has 1 aromatic rings. The molecule has 17 heavy (non-hydrogen) atoms. The summed E-state index contributed by atoms with van der Waals surface area (Å²) in [5.74, 6) is 0.772. The minimum absolute atomic E-state index is 0.197. The van der Waals surface area contributed by atoms with Gasteiger partial charge in [0.15, 0.2) is 0 Å². The largest absolute Gasteiger partial charge is 0.493 e. The number of ether oxygens (including phenoxy) is 2. The summed E-state index contributed by atoms with van der Waals surface area (Å²) in [5.41, 5.74) is 0. The first-order chi connectivity index (χ1) is 8.13. The standard InChI is InChI=1S/C12H15FO3S/c1-9(12(14)15-2)17-8-7-16-11-5-3-10(13)4-6-11/h3-6,9H,7-8H2,1-2H3. The molecule has 0 aromatic heterocycles. The Hall–Kier alpha value is -1.23. The van der Waals surface area contributed by atoms with Crippen LogP contribution in [-0.2, 0) is 9.53 Å². The van der Waals surface area contributed by atoms with E-state index in [-0.39, 0.29) is 17.0 Å². The van der Waals surface area contributed by atoms with Crippen molar-refractivity contribution >= 4 is 17.7 Å². The first kappa shape index (κ1) is 13.8. The van der Waals surface area contributed by atoms with E-state index in [0.29, 0.717) is 18.1 Å². The normalized spacial score (nSPS) is 11.9. The van der Waals surface area contributed by atoms with E-state index < -0.39 is 0 Å². The van der Waals surface area contributed by atoms with Crippen LogP contribution in [0.5, 0.6) is 5.75 Å². The number of rotatable bonds is 6. The predicted octanol–water partition coefficient (Wildman–Crippen LogP) is 2.50. The fourth-order valence-corrected chi connectivity index (χ4v) is 1.91. The SMILES string of the molecule is COC(=O)C(C)SCCOc1ccc(F)cc1. The van der Waals surface area contributed by atoms with E-state index >= 15 is 0 Å². The number of carbonyl (C=O) groups is 1. The van der Waals surface area contributed by atoms with E-state index in [1.54, 1.807) is 19.1 Å². The van der Waals surface area contributed by atoms with E-state index in [1.807, 2.05) is 0 Å². The van der Waals surface area contributed by atoms with Gasteiger partial charge in [0.1, 0.15) is 11.6 Å². The molecule has 0 amide bonds. The molecule has 94 valence electrons. The van der Waals surface area contributed by atoms with Gasteiger partial charge in [-0.2, -0.15) is 0 Å². The lowest BCUT2D eigenvalue weighted by Gasteiger charge is -2.09. The molecule has 3 nitrogen and oxygen atoms in total. The summed E-state index contributed by atoms with van der Waals surface area (Å²) in [5, 5.41) is -0.197. The molecular formula is C12H15FO3S. The van der Waals surface area contributed by atoms with Crippen molar-refractivity contribution < 1.29 is 18.7 Å². The highest BCUT2D eigenvalue weighted by Crippen LogP contribution is 2.14. The Kier molecular flexibility index (Phi) is 5.83. The van der Waals surface area contributed by atoms with Gasteiger partial charge in [0.05, 0.1) is 19.0 Å². The lowest BCUT2D eigenvalue weighted by Crippen LogP contribution is -2.16. The minimum Gasteiger partial charge on any atom is -0.493 e. The summed E-state index contributed by atoms with van der Waals surface area (Å²) in [4.78, 5) is 11.1. The number of hydrogen-bond acceptors (Lipinski definition) is 4. The van der Waals surface area contributed by atoms with E-state index in [0.717, 1.165) is 0 Å². The topological polar surface area (TPSA) is 35.5 Å². The van der Waals surface area contributed by atoms with Crippen molar-refractivity contribution in [3.63, 3.8) is 0 Å². The molecule has 0 fully saturated rings. The first-order valence-corrected chi connectivity index (χ1v) is 6.26. The molecule has 0 aliphatic rings. The second-order valence-corrected chi connectivity index (χ2v) is 4.79. The molecule has 0 radical (unpaired) electrons. The highest BCUT2D eigenvalue weighted by atomic mass is 32.2. The van der Waals surface area contributed by atoms with Crippen molar-refractivity contribution in [1.82, 2.24) is 0 Å². The second kappa shape index (κ2) is 7.17. The van der Waals surface area contributed by atoms with Crippen LogP contribution in [0.2, 0.25) is 0 Å². The highest BCUT2D eigenvalue weighted by molar-refractivity contribution is 8.00. The van der Waals surface area contributed by atoms with Crippen LogP contribution >= 0.6 is 11.8 Å². The van der Waals surface area contributed by atoms with Crippen LogP contribution in [0.25, 0.3) is 0 Å². The van der Waals surface area contributed by atoms with Gasteiger partial charge in [-0.25, -0.2) is 4.39 Å². The van der Waals surface area contributed by atoms with Crippen LogP contribution in [0.3, 0.4) is 0 Å². The maximum atomic E-state index is 12.6. The summed E-state index contributed by atoms with van der Waals surface area (Å²) in [6, 6.07) is 5.84. The third-order valence-corrected chi connectivity index (χ3v) is 3.16. The van der Waals surface area contributed by atoms with Crippen LogP contribution in [-0.4, -0.2) is 30.7 Å². The second-order valence-electron chi connectivity index (χ2n) is 3.34. The Morgan fingerprint density at radius 1 is 1.41 bits per heavy atom. The van der Waals surface area contributed by atoms with E-state index in [2.05, 4.69) is 4.74 Å². The van der Waals surface area contributed by atoms with Crippen molar-refractivity contribution in [2.75, 3.05) is 19.5 Å². The highest BCUT2D eigenvalue weighted by Gasteiger charge is 2.12. The first-order valence-electron chi connectivity index (χ1n) is 5.21. The maximum absolute atomic E-state index is 12.6. The fraction of sp³-hybridized carbons (Fsp3) is 0.417. The fourth-order valence-electron chi connectivity index (χ4n) is 1.15. The third kappa shape index (κ3) is 5.08. The molecule has 0 aliphatic carbocycles. The molecule has 0 spiro atoms. The number of methoxy groups -OCH3 is 1. The van der Waals surface area contributed by atoms with Crippen molar-refractivity contribution in [2.24, 2.45) is 0 Å². The molecule has 0 N–H and O–H groups in total.